The molecule has 0 fully saturated rings. The first-order valence-corrected chi connectivity index (χ1v) is 9.59. The van der Waals surface area contributed by atoms with Crippen LogP contribution in [-0.4, -0.2) is 19.2 Å². The van der Waals surface area contributed by atoms with Crippen molar-refractivity contribution in [3.8, 4) is 11.5 Å². The number of methoxy groups -OCH3 is 1. The molecule has 0 aliphatic rings. The van der Waals surface area contributed by atoms with Gasteiger partial charge in [0.1, 0.15) is 6.61 Å². The summed E-state index contributed by atoms with van der Waals surface area (Å²) in [6, 6.07) is 20.2. The van der Waals surface area contributed by atoms with Crippen LogP contribution in [0.25, 0.3) is 0 Å². The molecule has 0 spiro atoms. The van der Waals surface area contributed by atoms with E-state index in [1.54, 1.807) is 37.4 Å². The van der Waals surface area contributed by atoms with Crippen molar-refractivity contribution in [2.24, 2.45) is 5.10 Å². The van der Waals surface area contributed by atoms with E-state index in [1.807, 2.05) is 36.4 Å². The van der Waals surface area contributed by atoms with E-state index < -0.39 is 0 Å². The molecule has 0 heterocycles. The van der Waals surface area contributed by atoms with Gasteiger partial charge in [-0.05, 0) is 57.4 Å². The molecule has 0 radical (unpaired) electrons. The number of carbonyl (C=O) groups excluding carboxylic acids is 1. The van der Waals surface area contributed by atoms with E-state index >= 15 is 0 Å². The van der Waals surface area contributed by atoms with E-state index in [1.165, 1.54) is 6.21 Å². The van der Waals surface area contributed by atoms with Crippen LogP contribution < -0.4 is 20.6 Å². The topological polar surface area (TPSA) is 85.9 Å². The van der Waals surface area contributed by atoms with Gasteiger partial charge in [0, 0.05) is 11.3 Å². The van der Waals surface area contributed by atoms with Gasteiger partial charge < -0.3 is 15.2 Å². The van der Waals surface area contributed by atoms with Crippen LogP contribution in [0.2, 0.25) is 0 Å². The summed E-state index contributed by atoms with van der Waals surface area (Å²) in [6.45, 7) is 0.416. The number of carbonyl (C=O) groups is 1. The van der Waals surface area contributed by atoms with E-state index in [0.29, 0.717) is 29.4 Å². The zero-order valence-electron chi connectivity index (χ0n) is 15.8. The Kier molecular flexibility index (Phi) is 6.86. The van der Waals surface area contributed by atoms with Crippen LogP contribution in [0.15, 0.2) is 76.3 Å². The van der Waals surface area contributed by atoms with Crippen molar-refractivity contribution < 1.29 is 14.3 Å². The third-order valence-electron chi connectivity index (χ3n) is 4.01. The lowest BCUT2D eigenvalue weighted by atomic mass is 10.2. The van der Waals surface area contributed by atoms with Crippen LogP contribution in [0.3, 0.4) is 0 Å². The van der Waals surface area contributed by atoms with Crippen molar-refractivity contribution in [2.75, 3.05) is 12.8 Å². The number of nitrogens with one attached hydrogen (secondary N) is 1. The lowest BCUT2D eigenvalue weighted by molar-refractivity contribution is 0.0955. The minimum atomic E-state index is -0.345. The molecule has 0 aromatic heterocycles. The summed E-state index contributed by atoms with van der Waals surface area (Å²) in [7, 11) is 1.57. The average molecular weight is 454 g/mol. The molecule has 0 aliphatic carbocycles. The summed E-state index contributed by atoms with van der Waals surface area (Å²) in [6.07, 6.45) is 1.53. The molecule has 3 N–H and O–H groups in total. The molecule has 7 heteroatoms. The Bertz CT molecular complexity index is 1020. The number of benzene rings is 3. The summed E-state index contributed by atoms with van der Waals surface area (Å²) in [5, 5.41) is 4.00. The smallest absolute Gasteiger partial charge is 0.271 e. The molecule has 6 nitrogen and oxygen atoms in total. The standard InChI is InChI=1S/C22H20BrN3O3/c1-28-20-11-16(13-25-26-22(27)17-8-5-9-18(24)12-17)10-19(23)21(20)29-14-15-6-3-2-4-7-15/h2-13H,14,24H2,1H3,(H,26,27)/b25-13-. The molecule has 1 amide bonds. The zero-order valence-corrected chi connectivity index (χ0v) is 17.3. The molecule has 0 atom stereocenters. The Balaban J connectivity index is 1.69. The minimum absolute atomic E-state index is 0.345. The molecule has 0 saturated heterocycles. The minimum Gasteiger partial charge on any atom is -0.493 e. The zero-order chi connectivity index (χ0) is 20.6. The van der Waals surface area contributed by atoms with Gasteiger partial charge in [0.15, 0.2) is 11.5 Å². The second kappa shape index (κ2) is 9.75. The fourth-order valence-corrected chi connectivity index (χ4v) is 3.17. The average Bonchev–Trinajstić information content (AvgIpc) is 2.73. The summed E-state index contributed by atoms with van der Waals surface area (Å²) >= 11 is 3.51. The fourth-order valence-electron chi connectivity index (χ4n) is 2.59. The first-order valence-electron chi connectivity index (χ1n) is 8.80. The lowest BCUT2D eigenvalue weighted by Crippen LogP contribution is -2.17. The fraction of sp³-hybridized carbons (Fsp3) is 0.0909. The van der Waals surface area contributed by atoms with Gasteiger partial charge >= 0.3 is 0 Å². The van der Waals surface area contributed by atoms with E-state index in [2.05, 4.69) is 26.5 Å². The molecule has 0 aliphatic heterocycles. The van der Waals surface area contributed by atoms with Crippen LogP contribution in [0.5, 0.6) is 11.5 Å². The molecule has 0 bridgehead atoms. The van der Waals surface area contributed by atoms with Crippen LogP contribution in [0.1, 0.15) is 21.5 Å². The van der Waals surface area contributed by atoms with Gasteiger partial charge in [0.25, 0.3) is 5.91 Å². The number of anilines is 1. The first-order chi connectivity index (χ1) is 14.1. The Morgan fingerprint density at radius 2 is 1.93 bits per heavy atom. The quantitative estimate of drug-likeness (QED) is 0.315. The van der Waals surface area contributed by atoms with Gasteiger partial charge in [0.2, 0.25) is 0 Å². The van der Waals surface area contributed by atoms with Crippen molar-refractivity contribution in [1.29, 1.82) is 0 Å². The highest BCUT2D eigenvalue weighted by Gasteiger charge is 2.12. The van der Waals surface area contributed by atoms with Crippen molar-refractivity contribution >= 4 is 33.7 Å². The van der Waals surface area contributed by atoms with E-state index in [-0.39, 0.29) is 5.91 Å². The molecule has 3 rings (SSSR count). The molecule has 3 aromatic rings. The third-order valence-corrected chi connectivity index (χ3v) is 4.60. The maximum Gasteiger partial charge on any atom is 0.271 e. The number of hydrazone groups is 1. The van der Waals surface area contributed by atoms with E-state index in [9.17, 15) is 4.79 Å². The van der Waals surface area contributed by atoms with Crippen molar-refractivity contribution in [3.63, 3.8) is 0 Å². The highest BCUT2D eigenvalue weighted by atomic mass is 79.9. The number of hydrogen-bond acceptors (Lipinski definition) is 5. The molecular formula is C22H20BrN3O3. The van der Waals surface area contributed by atoms with Crippen LogP contribution in [0, 0.1) is 0 Å². The number of amides is 1. The molecule has 0 unspecified atom stereocenters. The Hall–Kier alpha value is -3.32. The van der Waals surface area contributed by atoms with Crippen molar-refractivity contribution in [3.05, 3.63) is 87.9 Å². The van der Waals surface area contributed by atoms with Crippen LogP contribution in [-0.2, 0) is 6.61 Å². The number of rotatable bonds is 7. The molecular weight excluding hydrogens is 434 g/mol. The summed E-state index contributed by atoms with van der Waals surface area (Å²) in [4.78, 5) is 12.1. The van der Waals surface area contributed by atoms with Gasteiger partial charge in [-0.2, -0.15) is 5.10 Å². The van der Waals surface area contributed by atoms with Gasteiger partial charge in [-0.1, -0.05) is 36.4 Å². The summed E-state index contributed by atoms with van der Waals surface area (Å²) in [5.74, 6) is 0.804. The maximum absolute atomic E-state index is 12.1. The predicted molar refractivity (Wildman–Crippen MR) is 117 cm³/mol. The van der Waals surface area contributed by atoms with Gasteiger partial charge in [0.05, 0.1) is 17.8 Å². The summed E-state index contributed by atoms with van der Waals surface area (Å²) < 4.78 is 12.1. The highest BCUT2D eigenvalue weighted by Crippen LogP contribution is 2.36. The first kappa shape index (κ1) is 20.4. The largest absolute Gasteiger partial charge is 0.493 e. The molecule has 0 saturated carbocycles. The number of ether oxygens (including phenoxy) is 2. The number of nitrogens with two attached hydrogens (primary N) is 1. The Labute approximate surface area is 177 Å². The predicted octanol–water partition coefficient (Wildman–Crippen LogP) is 4.38. The molecule has 3 aromatic carbocycles. The third kappa shape index (κ3) is 5.58. The second-order valence-corrected chi connectivity index (χ2v) is 6.99. The van der Waals surface area contributed by atoms with Gasteiger partial charge in [-0.15, -0.1) is 0 Å². The van der Waals surface area contributed by atoms with E-state index in [4.69, 9.17) is 15.2 Å². The van der Waals surface area contributed by atoms with Gasteiger partial charge in [-0.3, -0.25) is 4.79 Å². The summed E-state index contributed by atoms with van der Waals surface area (Å²) in [5.41, 5.74) is 10.9. The number of nitrogens with zero attached hydrogens (tertiary/aromatic N) is 1. The number of nitrogen functional groups attached to an aromatic ring is 1. The highest BCUT2D eigenvalue weighted by molar-refractivity contribution is 9.10. The Morgan fingerprint density at radius 3 is 2.66 bits per heavy atom. The SMILES string of the molecule is COc1cc(/C=N\NC(=O)c2cccc(N)c2)cc(Br)c1OCc1ccccc1. The normalized spacial score (nSPS) is 10.7. The molecule has 148 valence electrons. The maximum atomic E-state index is 12.1. The number of hydrogen-bond donors (Lipinski definition) is 2. The van der Waals surface area contributed by atoms with Crippen molar-refractivity contribution in [2.45, 2.75) is 6.61 Å². The van der Waals surface area contributed by atoms with Crippen molar-refractivity contribution in [1.82, 2.24) is 5.43 Å². The number of halogens is 1. The van der Waals surface area contributed by atoms with Crippen LogP contribution in [0.4, 0.5) is 5.69 Å². The lowest BCUT2D eigenvalue weighted by Gasteiger charge is -2.13. The van der Waals surface area contributed by atoms with Gasteiger partial charge in [-0.25, -0.2) is 5.43 Å². The van der Waals surface area contributed by atoms with E-state index in [0.717, 1.165) is 15.6 Å². The van der Waals surface area contributed by atoms with Crippen LogP contribution >= 0.6 is 15.9 Å². The molecule has 29 heavy (non-hydrogen) atoms. The monoisotopic (exact) mass is 453 g/mol. The Morgan fingerprint density at radius 1 is 1.14 bits per heavy atom. The second-order valence-electron chi connectivity index (χ2n) is 6.13.